The summed E-state index contributed by atoms with van der Waals surface area (Å²) in [7, 11) is 0. The van der Waals surface area contributed by atoms with Crippen LogP contribution in [0.3, 0.4) is 0 Å². The Morgan fingerprint density at radius 3 is 2.33 bits per heavy atom. The number of hydrogen-bond acceptors (Lipinski definition) is 3. The van der Waals surface area contributed by atoms with Crippen LogP contribution in [0.1, 0.15) is 25.0 Å². The van der Waals surface area contributed by atoms with E-state index in [1.165, 1.54) is 17.3 Å². The molecule has 1 atom stereocenters. The molecule has 0 bridgehead atoms. The molecule has 27 heavy (non-hydrogen) atoms. The van der Waals surface area contributed by atoms with Crippen LogP contribution in [0.5, 0.6) is 0 Å². The minimum atomic E-state index is -0.549. The predicted octanol–water partition coefficient (Wildman–Crippen LogP) is 4.29. The van der Waals surface area contributed by atoms with E-state index in [4.69, 9.17) is 11.6 Å². The van der Waals surface area contributed by atoms with Crippen molar-refractivity contribution in [3.63, 3.8) is 0 Å². The highest BCUT2D eigenvalue weighted by Gasteiger charge is 2.25. The summed E-state index contributed by atoms with van der Waals surface area (Å²) in [5, 5.41) is 3.44. The molecule has 0 aliphatic heterocycles. The van der Waals surface area contributed by atoms with Gasteiger partial charge in [-0.05, 0) is 50.6 Å². The van der Waals surface area contributed by atoms with Gasteiger partial charge in [-0.25, -0.2) is 0 Å². The van der Waals surface area contributed by atoms with Crippen molar-refractivity contribution in [3.05, 3.63) is 64.7 Å². The first kappa shape index (κ1) is 21.3. The second kappa shape index (κ2) is 10.4. The van der Waals surface area contributed by atoms with Gasteiger partial charge in [0.05, 0.1) is 5.75 Å². The second-order valence-electron chi connectivity index (χ2n) is 6.32. The number of aryl methyl sites for hydroxylation is 1. The molecule has 0 aliphatic carbocycles. The summed E-state index contributed by atoms with van der Waals surface area (Å²) < 4.78 is 0. The lowest BCUT2D eigenvalue weighted by molar-refractivity contribution is -0.138. The summed E-state index contributed by atoms with van der Waals surface area (Å²) in [4.78, 5) is 27.9. The van der Waals surface area contributed by atoms with Crippen LogP contribution in [0.2, 0.25) is 5.02 Å². The van der Waals surface area contributed by atoms with Gasteiger partial charge in [-0.15, -0.1) is 11.8 Å². The number of halogens is 1. The van der Waals surface area contributed by atoms with Gasteiger partial charge in [-0.2, -0.15) is 0 Å². The van der Waals surface area contributed by atoms with Crippen LogP contribution in [0.25, 0.3) is 0 Å². The van der Waals surface area contributed by atoms with Gasteiger partial charge >= 0.3 is 0 Å². The molecule has 1 unspecified atom stereocenters. The molecule has 0 saturated carbocycles. The average molecular weight is 405 g/mol. The predicted molar refractivity (Wildman–Crippen MR) is 112 cm³/mol. The summed E-state index contributed by atoms with van der Waals surface area (Å²) >= 11 is 7.42. The largest absolute Gasteiger partial charge is 0.355 e. The third-order valence-electron chi connectivity index (χ3n) is 4.17. The van der Waals surface area contributed by atoms with Crippen LogP contribution in [0.15, 0.2) is 53.4 Å². The van der Waals surface area contributed by atoms with Gasteiger partial charge in [-0.1, -0.05) is 41.4 Å². The smallest absolute Gasteiger partial charge is 0.242 e. The van der Waals surface area contributed by atoms with E-state index in [0.29, 0.717) is 18.1 Å². The van der Waals surface area contributed by atoms with Crippen molar-refractivity contribution in [1.82, 2.24) is 10.2 Å². The molecule has 144 valence electrons. The summed E-state index contributed by atoms with van der Waals surface area (Å²) in [6.45, 7) is 6.55. The Balaban J connectivity index is 2.11. The van der Waals surface area contributed by atoms with Crippen LogP contribution >= 0.6 is 23.4 Å². The van der Waals surface area contributed by atoms with Crippen molar-refractivity contribution < 1.29 is 9.59 Å². The number of thioether (sulfide) groups is 1. The molecule has 2 aromatic carbocycles. The number of amides is 2. The van der Waals surface area contributed by atoms with Crippen molar-refractivity contribution in [3.8, 4) is 0 Å². The highest BCUT2D eigenvalue weighted by molar-refractivity contribution is 8.00. The van der Waals surface area contributed by atoms with E-state index >= 15 is 0 Å². The van der Waals surface area contributed by atoms with Crippen molar-refractivity contribution in [2.75, 3.05) is 12.3 Å². The zero-order valence-electron chi connectivity index (χ0n) is 15.9. The van der Waals surface area contributed by atoms with Crippen molar-refractivity contribution in [1.29, 1.82) is 0 Å². The molecule has 0 aliphatic rings. The molecule has 0 radical (unpaired) electrons. The number of nitrogens with zero attached hydrogens (tertiary/aromatic N) is 1. The Hall–Kier alpha value is -1.98. The molecule has 0 heterocycles. The number of nitrogens with one attached hydrogen (secondary N) is 1. The Bertz CT molecular complexity index is 763. The minimum absolute atomic E-state index is 0.0747. The third kappa shape index (κ3) is 6.60. The number of likely N-dealkylation sites (N-methyl/N-ethyl adjacent to an activating group) is 1. The van der Waals surface area contributed by atoms with Crippen LogP contribution in [0.4, 0.5) is 0 Å². The molecule has 0 aromatic heterocycles. The first-order chi connectivity index (χ1) is 12.9. The van der Waals surface area contributed by atoms with Gasteiger partial charge in [0.1, 0.15) is 6.04 Å². The maximum absolute atomic E-state index is 12.9. The molecule has 1 N–H and O–H groups in total. The number of carbonyl (C=O) groups excluding carboxylic acids is 2. The highest BCUT2D eigenvalue weighted by Crippen LogP contribution is 2.20. The monoisotopic (exact) mass is 404 g/mol. The van der Waals surface area contributed by atoms with Crippen molar-refractivity contribution in [2.24, 2.45) is 0 Å². The molecular weight excluding hydrogens is 380 g/mol. The Morgan fingerprint density at radius 1 is 1.11 bits per heavy atom. The molecule has 2 amide bonds. The van der Waals surface area contributed by atoms with Gasteiger partial charge in [0.2, 0.25) is 11.8 Å². The fraction of sp³-hybridized carbons (Fsp3) is 0.333. The van der Waals surface area contributed by atoms with E-state index in [2.05, 4.69) is 5.32 Å². The van der Waals surface area contributed by atoms with E-state index in [1.54, 1.807) is 24.0 Å². The molecule has 2 aromatic rings. The first-order valence-electron chi connectivity index (χ1n) is 8.91. The van der Waals surface area contributed by atoms with E-state index in [1.807, 2.05) is 50.2 Å². The zero-order chi connectivity index (χ0) is 19.8. The van der Waals surface area contributed by atoms with Crippen LogP contribution in [-0.4, -0.2) is 35.1 Å². The summed E-state index contributed by atoms with van der Waals surface area (Å²) in [6, 6.07) is 14.8. The fourth-order valence-corrected chi connectivity index (χ4v) is 3.46. The zero-order valence-corrected chi connectivity index (χ0v) is 17.4. The lowest BCUT2D eigenvalue weighted by atomic mass is 10.1. The molecule has 4 nitrogen and oxygen atoms in total. The molecule has 0 saturated heterocycles. The lowest BCUT2D eigenvalue weighted by Gasteiger charge is -2.28. The Kier molecular flexibility index (Phi) is 8.20. The molecule has 0 spiro atoms. The lowest BCUT2D eigenvalue weighted by Crippen LogP contribution is -2.48. The van der Waals surface area contributed by atoms with Crippen LogP contribution in [0, 0.1) is 6.92 Å². The van der Waals surface area contributed by atoms with Gasteiger partial charge in [0.15, 0.2) is 0 Å². The quantitative estimate of drug-likeness (QED) is 0.667. The van der Waals surface area contributed by atoms with E-state index in [0.717, 1.165) is 10.5 Å². The van der Waals surface area contributed by atoms with Crippen LogP contribution in [-0.2, 0) is 16.1 Å². The van der Waals surface area contributed by atoms with Gasteiger partial charge in [0, 0.05) is 23.0 Å². The van der Waals surface area contributed by atoms with E-state index in [9.17, 15) is 9.59 Å². The molecule has 6 heteroatoms. The third-order valence-corrected chi connectivity index (χ3v) is 5.42. The van der Waals surface area contributed by atoms with E-state index in [-0.39, 0.29) is 17.6 Å². The van der Waals surface area contributed by atoms with Gasteiger partial charge < -0.3 is 10.2 Å². The topological polar surface area (TPSA) is 49.4 Å². The molecule has 0 fully saturated rings. The summed E-state index contributed by atoms with van der Waals surface area (Å²) in [6.07, 6.45) is 0. The number of benzene rings is 2. The second-order valence-corrected chi connectivity index (χ2v) is 7.81. The number of rotatable bonds is 8. The summed E-state index contributed by atoms with van der Waals surface area (Å²) in [5.74, 6) is 0.0508. The van der Waals surface area contributed by atoms with Crippen LogP contribution < -0.4 is 5.32 Å². The number of carbonyl (C=O) groups is 2. The SMILES string of the molecule is CCNC(=O)C(C)N(Cc1ccc(Cl)cc1)C(=O)CSc1ccc(C)cc1. The Labute approximate surface area is 170 Å². The van der Waals surface area contributed by atoms with Crippen molar-refractivity contribution >= 4 is 35.2 Å². The fourth-order valence-electron chi connectivity index (χ4n) is 2.55. The van der Waals surface area contributed by atoms with Crippen molar-refractivity contribution in [2.45, 2.75) is 38.3 Å². The molecular formula is C21H25ClN2O2S. The molecule has 2 rings (SSSR count). The standard InChI is InChI=1S/C21H25ClN2O2S/c1-4-23-21(26)16(3)24(13-17-7-9-18(22)10-8-17)20(25)14-27-19-11-5-15(2)6-12-19/h5-12,16H,4,13-14H2,1-3H3,(H,23,26). The maximum Gasteiger partial charge on any atom is 0.242 e. The number of hydrogen-bond donors (Lipinski definition) is 1. The maximum atomic E-state index is 12.9. The van der Waals surface area contributed by atoms with Gasteiger partial charge in [0.25, 0.3) is 0 Å². The normalized spacial score (nSPS) is 11.7. The highest BCUT2D eigenvalue weighted by atomic mass is 35.5. The van der Waals surface area contributed by atoms with E-state index < -0.39 is 6.04 Å². The van der Waals surface area contributed by atoms with Gasteiger partial charge in [-0.3, -0.25) is 9.59 Å². The minimum Gasteiger partial charge on any atom is -0.355 e. The Morgan fingerprint density at radius 2 is 1.74 bits per heavy atom. The average Bonchev–Trinajstić information content (AvgIpc) is 2.66. The summed E-state index contributed by atoms with van der Waals surface area (Å²) in [5.41, 5.74) is 2.11. The first-order valence-corrected chi connectivity index (χ1v) is 10.3.